The van der Waals surface area contributed by atoms with Crippen molar-refractivity contribution in [2.75, 3.05) is 26.3 Å². The third-order valence-electron chi connectivity index (χ3n) is 3.10. The van der Waals surface area contributed by atoms with E-state index in [0.717, 1.165) is 25.2 Å². The van der Waals surface area contributed by atoms with Gasteiger partial charge < -0.3 is 14.9 Å². The second-order valence-corrected chi connectivity index (χ2v) is 6.61. The molecule has 1 unspecified atom stereocenters. The first kappa shape index (κ1) is 15.5. The van der Waals surface area contributed by atoms with Crippen LogP contribution in [0, 0.1) is 11.8 Å². The summed E-state index contributed by atoms with van der Waals surface area (Å²) in [6, 6.07) is 2.06. The van der Waals surface area contributed by atoms with E-state index in [2.05, 4.69) is 22.8 Å². The van der Waals surface area contributed by atoms with Crippen molar-refractivity contribution < 1.29 is 14.9 Å². The van der Waals surface area contributed by atoms with Gasteiger partial charge in [-0.15, -0.1) is 11.3 Å². The second kappa shape index (κ2) is 6.70. The standard InChI is InChI=1S/C15H21NO3S/c1-15(2)11-16(7-13(9-18)19-15)8-14-6-12(10-20-14)4-3-5-17/h6,10,13,17-18H,5,7-9,11H2,1-2H3. The summed E-state index contributed by atoms with van der Waals surface area (Å²) in [6.45, 7) is 6.48. The van der Waals surface area contributed by atoms with Crippen LogP contribution in [0.15, 0.2) is 11.4 Å². The second-order valence-electron chi connectivity index (χ2n) is 5.61. The molecule has 0 radical (unpaired) electrons. The van der Waals surface area contributed by atoms with Crippen molar-refractivity contribution in [3.05, 3.63) is 21.9 Å². The molecule has 4 nitrogen and oxygen atoms in total. The van der Waals surface area contributed by atoms with Crippen LogP contribution in [0.4, 0.5) is 0 Å². The van der Waals surface area contributed by atoms with Gasteiger partial charge >= 0.3 is 0 Å². The summed E-state index contributed by atoms with van der Waals surface area (Å²) in [7, 11) is 0. The zero-order valence-electron chi connectivity index (χ0n) is 11.9. The molecule has 0 saturated carbocycles. The van der Waals surface area contributed by atoms with Crippen LogP contribution in [0.3, 0.4) is 0 Å². The molecule has 0 aliphatic carbocycles. The first-order chi connectivity index (χ1) is 9.52. The molecule has 1 aromatic rings. The van der Waals surface area contributed by atoms with Gasteiger partial charge in [-0.05, 0) is 19.9 Å². The maximum absolute atomic E-state index is 9.32. The van der Waals surface area contributed by atoms with E-state index in [0.29, 0.717) is 0 Å². The highest BCUT2D eigenvalue weighted by Gasteiger charge is 2.32. The average Bonchev–Trinajstić information content (AvgIpc) is 2.82. The molecule has 2 heterocycles. The van der Waals surface area contributed by atoms with Crippen LogP contribution < -0.4 is 0 Å². The molecule has 1 aromatic heterocycles. The monoisotopic (exact) mass is 295 g/mol. The maximum atomic E-state index is 9.32. The number of aliphatic hydroxyl groups is 2. The summed E-state index contributed by atoms with van der Waals surface area (Å²) < 4.78 is 5.81. The van der Waals surface area contributed by atoms with Gasteiger partial charge in [0.15, 0.2) is 0 Å². The first-order valence-corrected chi connectivity index (χ1v) is 7.58. The predicted octanol–water partition coefficient (Wildman–Crippen LogP) is 1.06. The van der Waals surface area contributed by atoms with Crippen LogP contribution in [-0.2, 0) is 11.3 Å². The number of thiophene rings is 1. The highest BCUT2D eigenvalue weighted by Crippen LogP contribution is 2.24. The van der Waals surface area contributed by atoms with Crippen molar-refractivity contribution in [1.82, 2.24) is 4.90 Å². The molecule has 110 valence electrons. The minimum Gasteiger partial charge on any atom is -0.394 e. The van der Waals surface area contributed by atoms with Crippen molar-refractivity contribution in [1.29, 1.82) is 0 Å². The highest BCUT2D eigenvalue weighted by molar-refractivity contribution is 7.10. The maximum Gasteiger partial charge on any atom is 0.104 e. The minimum absolute atomic E-state index is 0.0532. The Hall–Kier alpha value is -0.900. The Morgan fingerprint density at radius 2 is 2.30 bits per heavy atom. The number of ether oxygens (including phenoxy) is 1. The molecule has 1 saturated heterocycles. The number of hydrogen-bond acceptors (Lipinski definition) is 5. The quantitative estimate of drug-likeness (QED) is 0.819. The smallest absolute Gasteiger partial charge is 0.104 e. The first-order valence-electron chi connectivity index (χ1n) is 6.70. The molecule has 0 aromatic carbocycles. The van der Waals surface area contributed by atoms with Crippen LogP contribution in [0.2, 0.25) is 0 Å². The molecular weight excluding hydrogens is 274 g/mol. The molecule has 2 N–H and O–H groups in total. The molecule has 0 amide bonds. The molecule has 0 bridgehead atoms. The average molecular weight is 295 g/mol. The van der Waals surface area contributed by atoms with Gasteiger partial charge in [0, 0.05) is 35.5 Å². The lowest BCUT2D eigenvalue weighted by Gasteiger charge is -2.42. The largest absolute Gasteiger partial charge is 0.394 e. The van der Waals surface area contributed by atoms with Gasteiger partial charge in [0.05, 0.1) is 18.3 Å². The van der Waals surface area contributed by atoms with Gasteiger partial charge in [0.25, 0.3) is 0 Å². The topological polar surface area (TPSA) is 52.9 Å². The Morgan fingerprint density at radius 1 is 1.50 bits per heavy atom. The number of nitrogens with zero attached hydrogens (tertiary/aromatic N) is 1. The third-order valence-corrected chi connectivity index (χ3v) is 4.02. The van der Waals surface area contributed by atoms with Crippen LogP contribution in [0.25, 0.3) is 0 Å². The summed E-state index contributed by atoms with van der Waals surface area (Å²) >= 11 is 1.67. The van der Waals surface area contributed by atoms with Crippen LogP contribution in [0.1, 0.15) is 24.3 Å². The van der Waals surface area contributed by atoms with Gasteiger partial charge in [-0.1, -0.05) is 11.8 Å². The van der Waals surface area contributed by atoms with E-state index in [-0.39, 0.29) is 24.9 Å². The SMILES string of the molecule is CC1(C)CN(Cc2cc(C#CCO)cs2)CC(CO)O1. The zero-order valence-corrected chi connectivity index (χ0v) is 12.7. The minimum atomic E-state index is -0.234. The van der Waals surface area contributed by atoms with E-state index >= 15 is 0 Å². The lowest BCUT2D eigenvalue weighted by molar-refractivity contribution is -0.150. The lowest BCUT2D eigenvalue weighted by atomic mass is 10.1. The van der Waals surface area contributed by atoms with Gasteiger partial charge in [-0.2, -0.15) is 0 Å². The molecule has 0 spiro atoms. The summed E-state index contributed by atoms with van der Waals surface area (Å²) in [5.74, 6) is 5.57. The van der Waals surface area contributed by atoms with Crippen molar-refractivity contribution in [2.45, 2.75) is 32.1 Å². The molecule has 1 aliphatic rings. The molecule has 5 heteroatoms. The van der Waals surface area contributed by atoms with E-state index in [1.807, 2.05) is 19.2 Å². The molecule has 2 rings (SSSR count). The van der Waals surface area contributed by atoms with Crippen LogP contribution in [-0.4, -0.2) is 53.1 Å². The van der Waals surface area contributed by atoms with Gasteiger partial charge in [0.2, 0.25) is 0 Å². The number of morpholine rings is 1. The van der Waals surface area contributed by atoms with E-state index in [4.69, 9.17) is 9.84 Å². The van der Waals surface area contributed by atoms with Gasteiger partial charge in [-0.25, -0.2) is 0 Å². The van der Waals surface area contributed by atoms with Crippen LogP contribution in [0.5, 0.6) is 0 Å². The Kier molecular flexibility index (Phi) is 5.19. The molecule has 1 atom stereocenters. The summed E-state index contributed by atoms with van der Waals surface area (Å²) in [6.07, 6.45) is -0.118. The zero-order chi connectivity index (χ0) is 14.6. The van der Waals surface area contributed by atoms with E-state index in [1.54, 1.807) is 11.3 Å². The third kappa shape index (κ3) is 4.30. The Morgan fingerprint density at radius 3 is 3.00 bits per heavy atom. The molecular formula is C15H21NO3S. The molecule has 1 aliphatic heterocycles. The molecule has 20 heavy (non-hydrogen) atoms. The fourth-order valence-corrected chi connectivity index (χ4v) is 3.38. The van der Waals surface area contributed by atoms with E-state index in [1.165, 1.54) is 4.88 Å². The highest BCUT2D eigenvalue weighted by atomic mass is 32.1. The Labute approximate surface area is 124 Å². The number of aliphatic hydroxyl groups excluding tert-OH is 2. The predicted molar refractivity (Wildman–Crippen MR) is 79.6 cm³/mol. The van der Waals surface area contributed by atoms with E-state index in [9.17, 15) is 5.11 Å². The Bertz CT molecular complexity index is 501. The van der Waals surface area contributed by atoms with Crippen molar-refractivity contribution in [3.63, 3.8) is 0 Å². The summed E-state index contributed by atoms with van der Waals surface area (Å²) in [5, 5.41) is 20.0. The number of rotatable bonds is 3. The summed E-state index contributed by atoms with van der Waals surface area (Å²) in [4.78, 5) is 3.54. The fraction of sp³-hybridized carbons (Fsp3) is 0.600. The van der Waals surface area contributed by atoms with E-state index < -0.39 is 0 Å². The van der Waals surface area contributed by atoms with Gasteiger partial charge in [-0.3, -0.25) is 4.90 Å². The van der Waals surface area contributed by atoms with Crippen molar-refractivity contribution in [3.8, 4) is 11.8 Å². The van der Waals surface area contributed by atoms with Crippen molar-refractivity contribution >= 4 is 11.3 Å². The Balaban J connectivity index is 2.00. The fourth-order valence-electron chi connectivity index (χ4n) is 2.52. The number of hydrogen-bond donors (Lipinski definition) is 2. The molecule has 1 fully saturated rings. The normalized spacial score (nSPS) is 22.3. The van der Waals surface area contributed by atoms with Gasteiger partial charge in [0.1, 0.15) is 6.61 Å². The summed E-state index contributed by atoms with van der Waals surface area (Å²) in [5.41, 5.74) is 0.716. The van der Waals surface area contributed by atoms with Crippen molar-refractivity contribution in [2.24, 2.45) is 0 Å². The lowest BCUT2D eigenvalue weighted by Crippen LogP contribution is -2.53. The van der Waals surface area contributed by atoms with Crippen LogP contribution >= 0.6 is 11.3 Å².